The number of aromatic nitrogens is 2. The number of rotatable bonds is 10. The number of urea groups is 1. The molecule has 0 radical (unpaired) electrons. The van der Waals surface area contributed by atoms with Gasteiger partial charge in [0.2, 0.25) is 5.91 Å². The predicted octanol–water partition coefficient (Wildman–Crippen LogP) is 2.89. The van der Waals surface area contributed by atoms with Crippen molar-refractivity contribution in [2.24, 2.45) is 5.92 Å². The molecule has 1 aromatic heterocycles. The molecule has 1 saturated heterocycles. The predicted molar refractivity (Wildman–Crippen MR) is 139 cm³/mol. The highest BCUT2D eigenvalue weighted by Gasteiger charge is 2.26. The number of carbonyl (C=O) groups is 2. The van der Waals surface area contributed by atoms with Gasteiger partial charge < -0.3 is 29.5 Å². The minimum Gasteiger partial charge on any atom is -0.493 e. The summed E-state index contributed by atoms with van der Waals surface area (Å²) in [7, 11) is 3.20. The lowest BCUT2D eigenvalue weighted by Gasteiger charge is -2.36. The molecule has 1 aromatic carbocycles. The highest BCUT2D eigenvalue weighted by Crippen LogP contribution is 2.31. The van der Waals surface area contributed by atoms with E-state index < -0.39 is 0 Å². The lowest BCUT2D eigenvalue weighted by Crippen LogP contribution is -2.53. The summed E-state index contributed by atoms with van der Waals surface area (Å²) >= 11 is 0. The molecule has 1 aliphatic heterocycles. The maximum Gasteiger partial charge on any atom is 0.317 e. The van der Waals surface area contributed by atoms with Crippen LogP contribution in [0.25, 0.3) is 11.3 Å². The first-order valence-electron chi connectivity index (χ1n) is 12.5. The first kappa shape index (κ1) is 27.0. The first-order chi connectivity index (χ1) is 17.4. The monoisotopic (exact) mass is 498 g/mol. The fourth-order valence-electron chi connectivity index (χ4n) is 4.08. The van der Waals surface area contributed by atoms with E-state index in [0.717, 1.165) is 23.5 Å². The summed E-state index contributed by atoms with van der Waals surface area (Å²) in [6.07, 6.45) is 0.953. The smallest absolute Gasteiger partial charge is 0.317 e. The Kier molecular flexibility index (Phi) is 9.72. The minimum atomic E-state index is -0.186. The van der Waals surface area contributed by atoms with Gasteiger partial charge in [-0.1, -0.05) is 20.3 Å². The van der Waals surface area contributed by atoms with E-state index in [-0.39, 0.29) is 18.5 Å². The number of piperazine rings is 1. The highest BCUT2D eigenvalue weighted by atomic mass is 16.5. The van der Waals surface area contributed by atoms with Crippen molar-refractivity contribution in [3.63, 3.8) is 0 Å². The van der Waals surface area contributed by atoms with E-state index in [1.807, 2.05) is 42.2 Å². The third-order valence-electron chi connectivity index (χ3n) is 6.46. The van der Waals surface area contributed by atoms with Gasteiger partial charge in [-0.05, 0) is 43.2 Å². The molecule has 10 nitrogen and oxygen atoms in total. The quantitative estimate of drug-likeness (QED) is 0.538. The van der Waals surface area contributed by atoms with Crippen molar-refractivity contribution in [1.82, 2.24) is 25.3 Å². The Bertz CT molecular complexity index is 1010. The van der Waals surface area contributed by atoms with Gasteiger partial charge in [0, 0.05) is 44.8 Å². The Morgan fingerprint density at radius 1 is 1.03 bits per heavy atom. The van der Waals surface area contributed by atoms with Crippen LogP contribution in [-0.2, 0) is 4.79 Å². The second kappa shape index (κ2) is 12.9. The Hall–Kier alpha value is -3.56. The molecule has 196 valence electrons. The summed E-state index contributed by atoms with van der Waals surface area (Å²) in [6, 6.07) is 9.32. The molecule has 0 bridgehead atoms. The van der Waals surface area contributed by atoms with Crippen LogP contribution in [0.1, 0.15) is 27.2 Å². The van der Waals surface area contributed by atoms with Gasteiger partial charge in [-0.3, -0.25) is 4.79 Å². The Balaban J connectivity index is 1.58. The van der Waals surface area contributed by atoms with E-state index >= 15 is 0 Å². The molecule has 0 aliphatic carbocycles. The molecular formula is C26H38N6O4. The van der Waals surface area contributed by atoms with Crippen LogP contribution in [0.15, 0.2) is 30.3 Å². The Morgan fingerprint density at radius 2 is 1.75 bits per heavy atom. The molecule has 2 aromatic rings. The van der Waals surface area contributed by atoms with Crippen molar-refractivity contribution in [2.45, 2.75) is 27.2 Å². The zero-order chi connectivity index (χ0) is 26.1. The second-order valence-electron chi connectivity index (χ2n) is 8.94. The van der Waals surface area contributed by atoms with Crippen molar-refractivity contribution in [3.05, 3.63) is 30.3 Å². The van der Waals surface area contributed by atoms with Crippen LogP contribution in [0.5, 0.6) is 11.5 Å². The maximum atomic E-state index is 13.0. The summed E-state index contributed by atoms with van der Waals surface area (Å²) in [4.78, 5) is 31.0. The summed E-state index contributed by atoms with van der Waals surface area (Å²) in [5.74, 6) is 2.37. The van der Waals surface area contributed by atoms with Crippen molar-refractivity contribution >= 4 is 17.8 Å². The number of amides is 3. The molecule has 0 saturated carbocycles. The lowest BCUT2D eigenvalue weighted by molar-refractivity contribution is -0.132. The average Bonchev–Trinajstić information content (AvgIpc) is 2.92. The van der Waals surface area contributed by atoms with E-state index in [1.165, 1.54) is 0 Å². The SMILES string of the molecule is CCNC(=O)N(CC(=O)N1CCN(c2ccc(-c3ccc(OC)c(OC)c3)nn2)CC1)CC(C)CC. The molecule has 10 heteroatoms. The molecular weight excluding hydrogens is 460 g/mol. The molecule has 3 rings (SSSR count). The second-order valence-corrected chi connectivity index (χ2v) is 8.94. The number of carbonyl (C=O) groups excluding carboxylic acids is 2. The fourth-order valence-corrected chi connectivity index (χ4v) is 4.08. The van der Waals surface area contributed by atoms with Crippen molar-refractivity contribution < 1.29 is 19.1 Å². The van der Waals surface area contributed by atoms with Crippen molar-refractivity contribution in [3.8, 4) is 22.8 Å². The van der Waals surface area contributed by atoms with Gasteiger partial charge in [-0.2, -0.15) is 0 Å². The third-order valence-corrected chi connectivity index (χ3v) is 6.46. The minimum absolute atomic E-state index is 0.0286. The normalized spacial score (nSPS) is 14.2. The number of benzene rings is 1. The van der Waals surface area contributed by atoms with Gasteiger partial charge in [0.1, 0.15) is 6.54 Å². The van der Waals surface area contributed by atoms with E-state index in [4.69, 9.17) is 9.47 Å². The van der Waals surface area contributed by atoms with Crippen LogP contribution in [0.4, 0.5) is 10.6 Å². The van der Waals surface area contributed by atoms with Crippen LogP contribution in [0.2, 0.25) is 0 Å². The third kappa shape index (κ3) is 6.77. The van der Waals surface area contributed by atoms with Gasteiger partial charge in [0.05, 0.1) is 19.9 Å². The van der Waals surface area contributed by atoms with E-state index in [1.54, 1.807) is 19.1 Å². The Labute approximate surface area is 213 Å². The standard InChI is InChI=1S/C26H38N6O4/c1-6-19(3)17-32(26(34)27-7-2)18-25(33)31-14-12-30(13-15-31)24-11-9-21(28-29-24)20-8-10-22(35-4)23(16-20)36-5/h8-11,16,19H,6-7,12-15,17-18H2,1-5H3,(H,27,34). The Morgan fingerprint density at radius 3 is 2.33 bits per heavy atom. The number of hydrogen-bond acceptors (Lipinski definition) is 7. The summed E-state index contributed by atoms with van der Waals surface area (Å²) in [6.45, 7) is 9.71. The lowest BCUT2D eigenvalue weighted by atomic mass is 10.1. The summed E-state index contributed by atoms with van der Waals surface area (Å²) in [5.41, 5.74) is 1.62. The number of ether oxygens (including phenoxy) is 2. The number of nitrogens with zero attached hydrogens (tertiary/aromatic N) is 5. The van der Waals surface area contributed by atoms with Crippen LogP contribution < -0.4 is 19.7 Å². The van der Waals surface area contributed by atoms with Crippen LogP contribution >= 0.6 is 0 Å². The van der Waals surface area contributed by atoms with Crippen LogP contribution in [-0.4, -0.2) is 92.0 Å². The molecule has 0 spiro atoms. The average molecular weight is 499 g/mol. The topological polar surface area (TPSA) is 100 Å². The van der Waals surface area contributed by atoms with Crippen molar-refractivity contribution in [2.75, 3.05) is 64.9 Å². The number of hydrogen-bond donors (Lipinski definition) is 1. The number of methoxy groups -OCH3 is 2. The molecule has 3 amide bonds. The fraction of sp³-hybridized carbons (Fsp3) is 0.538. The molecule has 2 heterocycles. The van der Waals surface area contributed by atoms with E-state index in [0.29, 0.717) is 56.7 Å². The molecule has 1 atom stereocenters. The number of anilines is 1. The van der Waals surface area contributed by atoms with Crippen molar-refractivity contribution in [1.29, 1.82) is 0 Å². The van der Waals surface area contributed by atoms with Gasteiger partial charge in [-0.25, -0.2) is 4.79 Å². The van der Waals surface area contributed by atoms with Gasteiger partial charge in [0.25, 0.3) is 0 Å². The van der Waals surface area contributed by atoms with Gasteiger partial charge in [-0.15, -0.1) is 10.2 Å². The molecule has 1 unspecified atom stereocenters. The zero-order valence-corrected chi connectivity index (χ0v) is 22.0. The van der Waals surface area contributed by atoms with Crippen LogP contribution in [0, 0.1) is 5.92 Å². The van der Waals surface area contributed by atoms with E-state index in [2.05, 4.69) is 34.3 Å². The first-order valence-corrected chi connectivity index (χ1v) is 12.5. The summed E-state index contributed by atoms with van der Waals surface area (Å²) in [5, 5.41) is 11.6. The molecule has 1 N–H and O–H groups in total. The largest absolute Gasteiger partial charge is 0.493 e. The zero-order valence-electron chi connectivity index (χ0n) is 22.0. The van der Waals surface area contributed by atoms with Gasteiger partial charge >= 0.3 is 6.03 Å². The summed E-state index contributed by atoms with van der Waals surface area (Å²) < 4.78 is 10.7. The molecule has 1 aliphatic rings. The molecule has 1 fully saturated rings. The van der Waals surface area contributed by atoms with Gasteiger partial charge in [0.15, 0.2) is 17.3 Å². The van der Waals surface area contributed by atoms with Crippen LogP contribution in [0.3, 0.4) is 0 Å². The van der Waals surface area contributed by atoms with E-state index in [9.17, 15) is 9.59 Å². The molecule has 36 heavy (non-hydrogen) atoms. The highest BCUT2D eigenvalue weighted by molar-refractivity contribution is 5.84. The maximum absolute atomic E-state index is 13.0. The number of nitrogens with one attached hydrogen (secondary N) is 1.